The maximum Gasteiger partial charge on any atom is 0.306 e. The second-order valence-electron chi connectivity index (χ2n) is 26.2. The first-order valence-corrected chi connectivity index (χ1v) is 33.3. The maximum atomic E-state index is 14.0. The molecule has 5 fully saturated rings. The van der Waals surface area contributed by atoms with Crippen LogP contribution in [0.3, 0.4) is 0 Å². The highest BCUT2D eigenvalue weighted by atomic mass is 16.5. The van der Waals surface area contributed by atoms with E-state index in [-0.39, 0.29) is 40.9 Å². The lowest BCUT2D eigenvalue weighted by molar-refractivity contribution is -0.198. The predicted molar refractivity (Wildman–Crippen MR) is 316 cm³/mol. The summed E-state index contributed by atoms with van der Waals surface area (Å²) < 4.78 is 13.1. The quantitative estimate of drug-likeness (QED) is 0.0373. The molecule has 10 atom stereocenters. The number of carbonyl (C=O) groups is 3. The summed E-state index contributed by atoms with van der Waals surface area (Å²) >= 11 is 0. The van der Waals surface area contributed by atoms with Gasteiger partial charge in [0.15, 0.2) is 0 Å². The molecule has 1 saturated heterocycles. The monoisotopic (exact) mass is 1040 g/mol. The van der Waals surface area contributed by atoms with Crippen molar-refractivity contribution in [1.29, 1.82) is 0 Å². The molecule has 0 aromatic carbocycles. The zero-order valence-corrected chi connectivity index (χ0v) is 49.9. The number of fused-ring (bicyclic) bond motifs is 5. The molecule has 0 radical (unpaired) electrons. The van der Waals surface area contributed by atoms with E-state index in [0.29, 0.717) is 54.8 Å². The van der Waals surface area contributed by atoms with Crippen LogP contribution in [0.1, 0.15) is 304 Å². The highest BCUT2D eigenvalue weighted by Crippen LogP contribution is 2.69. The fraction of sp³-hybridized carbons (Fsp3) is 0.897. The van der Waals surface area contributed by atoms with Crippen LogP contribution in [0.15, 0.2) is 24.3 Å². The minimum atomic E-state index is -0.0680. The van der Waals surface area contributed by atoms with Crippen molar-refractivity contribution >= 4 is 17.8 Å². The lowest BCUT2D eigenvalue weighted by Crippen LogP contribution is -2.59. The highest BCUT2D eigenvalue weighted by molar-refractivity contribution is 5.75. The summed E-state index contributed by atoms with van der Waals surface area (Å²) in [6, 6.07) is 0. The van der Waals surface area contributed by atoms with Crippen LogP contribution in [-0.4, -0.2) is 61.1 Å². The van der Waals surface area contributed by atoms with Gasteiger partial charge in [-0.25, -0.2) is 0 Å². The van der Waals surface area contributed by atoms with E-state index in [9.17, 15) is 14.4 Å². The first-order chi connectivity index (χ1) is 36.6. The van der Waals surface area contributed by atoms with Gasteiger partial charge in [-0.1, -0.05) is 162 Å². The minimum Gasteiger partial charge on any atom is -0.462 e. The van der Waals surface area contributed by atoms with Gasteiger partial charge >= 0.3 is 11.9 Å². The summed E-state index contributed by atoms with van der Waals surface area (Å²) in [5, 5.41) is 3.26. The van der Waals surface area contributed by atoms with Crippen molar-refractivity contribution in [1.82, 2.24) is 10.2 Å². The summed E-state index contributed by atoms with van der Waals surface area (Å²) in [4.78, 5) is 43.0. The lowest BCUT2D eigenvalue weighted by Gasteiger charge is -2.62. The molecule has 5 aliphatic rings. The van der Waals surface area contributed by atoms with Gasteiger partial charge in [-0.05, 0) is 208 Å². The number of hydrogen-bond acceptors (Lipinski definition) is 6. The van der Waals surface area contributed by atoms with E-state index in [2.05, 4.69) is 69.1 Å². The number of nitrogens with zero attached hydrogens (tertiary/aromatic N) is 1. The fourth-order valence-corrected chi connectivity index (χ4v) is 15.9. The molecule has 7 nitrogen and oxygen atoms in total. The Morgan fingerprint density at radius 1 is 0.560 bits per heavy atom. The topological polar surface area (TPSA) is 84.9 Å². The van der Waals surface area contributed by atoms with Crippen LogP contribution in [0.4, 0.5) is 0 Å². The molecule has 1 aliphatic heterocycles. The van der Waals surface area contributed by atoms with Gasteiger partial charge < -0.3 is 19.7 Å². The Morgan fingerprint density at radius 3 is 1.64 bits per heavy atom. The molecule has 5 rings (SSSR count). The van der Waals surface area contributed by atoms with Crippen LogP contribution in [-0.2, 0) is 23.9 Å². The van der Waals surface area contributed by atoms with Gasteiger partial charge in [0.2, 0.25) is 5.91 Å². The van der Waals surface area contributed by atoms with Gasteiger partial charge in [-0.15, -0.1) is 0 Å². The van der Waals surface area contributed by atoms with Crippen LogP contribution in [0.25, 0.3) is 0 Å². The fourth-order valence-electron chi connectivity index (χ4n) is 15.9. The second kappa shape index (κ2) is 36.9. The van der Waals surface area contributed by atoms with Crippen LogP contribution in [0.5, 0.6) is 0 Å². The van der Waals surface area contributed by atoms with Gasteiger partial charge in [0.05, 0.1) is 0 Å². The molecule has 0 aromatic heterocycles. The highest BCUT2D eigenvalue weighted by Gasteiger charge is 2.64. The number of ether oxygens (including phenoxy) is 2. The Labute approximate surface area is 463 Å². The molecule has 0 unspecified atom stereocenters. The number of esters is 2. The van der Waals surface area contributed by atoms with Gasteiger partial charge in [0.25, 0.3) is 0 Å². The standard InChI is InChI=1S/C68H120N2O5/c1-6-8-10-12-14-16-18-20-22-24-26-28-30-32-34-40-64(72)74-58-46-48-67(4)57(54-58)55-62(75-65(73)41-35-33-31-29-27-25-23-21-19-17-15-13-11-9-7-2)66-60-44-43-59(68(60,5)49-47-61(66)67)56(3)42-45-63(71)69-50-36-37-51-70-52-38-39-53-70/h22-25,56-62,66H,6-21,26-55H2,1-5H3,(H,69,71)/b24-22+,25-23+/t56-,57+,58-,59-,60+,61+,62+,66+,67+,68-/m1/s1. The van der Waals surface area contributed by atoms with E-state index < -0.39 is 0 Å². The third-order valence-corrected chi connectivity index (χ3v) is 20.5. The molecular formula is C68H120N2O5. The first-order valence-electron chi connectivity index (χ1n) is 33.3. The van der Waals surface area contributed by atoms with Crippen molar-refractivity contribution < 1.29 is 23.9 Å². The summed E-state index contributed by atoms with van der Waals surface area (Å²) in [5.74, 6) is 3.11. The van der Waals surface area contributed by atoms with E-state index in [1.165, 1.54) is 193 Å². The van der Waals surface area contributed by atoms with Crippen LogP contribution < -0.4 is 5.32 Å². The van der Waals surface area contributed by atoms with Crippen molar-refractivity contribution in [2.24, 2.45) is 46.3 Å². The molecule has 7 heteroatoms. The van der Waals surface area contributed by atoms with Crippen LogP contribution >= 0.6 is 0 Å². The van der Waals surface area contributed by atoms with Crippen molar-refractivity contribution in [3.05, 3.63) is 24.3 Å². The predicted octanol–water partition coefficient (Wildman–Crippen LogP) is 18.6. The molecule has 1 amide bonds. The summed E-state index contributed by atoms with van der Waals surface area (Å²) in [6.07, 6.45) is 58.2. The molecule has 1 heterocycles. The number of likely N-dealkylation sites (tertiary alicyclic amines) is 1. The summed E-state index contributed by atoms with van der Waals surface area (Å²) in [7, 11) is 0. The molecule has 432 valence electrons. The van der Waals surface area contributed by atoms with E-state index in [1.807, 2.05) is 0 Å². The molecular weight excluding hydrogens is 925 g/mol. The molecule has 0 spiro atoms. The van der Waals surface area contributed by atoms with Crippen molar-refractivity contribution in [3.63, 3.8) is 0 Å². The molecule has 0 aromatic rings. The summed E-state index contributed by atoms with van der Waals surface area (Å²) in [5.41, 5.74) is 0.360. The molecule has 75 heavy (non-hydrogen) atoms. The third-order valence-electron chi connectivity index (χ3n) is 20.5. The van der Waals surface area contributed by atoms with E-state index >= 15 is 0 Å². The SMILES string of the molecule is CCCCCCCCC/C=C/CCCCCCC(=O)O[C@@H]1CC[C@@]2(C)[C@@H](C1)C[C@H](OC(=O)CCCCCC/C=C/CCCCCCCCC)[C@@H]1[C@@H]2CC[C@]2(C)[C@@H]([C@H](C)CCC(=O)NCCCCN3CCCC3)CC[C@@H]12. The Bertz CT molecular complexity index is 1600. The number of allylic oxidation sites excluding steroid dienone is 4. The third kappa shape index (κ3) is 22.5. The van der Waals surface area contributed by atoms with Crippen molar-refractivity contribution in [3.8, 4) is 0 Å². The van der Waals surface area contributed by atoms with Gasteiger partial charge in [0.1, 0.15) is 12.2 Å². The summed E-state index contributed by atoms with van der Waals surface area (Å²) in [6.45, 7) is 16.6. The normalized spacial score (nSPS) is 28.1. The Kier molecular flexibility index (Phi) is 31.3. The first kappa shape index (κ1) is 63.7. The van der Waals surface area contributed by atoms with E-state index in [1.54, 1.807) is 0 Å². The number of hydrogen-bond donors (Lipinski definition) is 1. The largest absolute Gasteiger partial charge is 0.462 e. The zero-order chi connectivity index (χ0) is 53.4. The Hall–Kier alpha value is -2.15. The second-order valence-corrected chi connectivity index (χ2v) is 26.2. The van der Waals surface area contributed by atoms with Gasteiger partial charge in [-0.2, -0.15) is 0 Å². The van der Waals surface area contributed by atoms with E-state index in [0.717, 1.165) is 83.6 Å². The number of carbonyl (C=O) groups excluding carboxylic acids is 3. The number of rotatable bonds is 41. The van der Waals surface area contributed by atoms with Gasteiger partial charge in [-0.3, -0.25) is 14.4 Å². The Morgan fingerprint density at radius 2 is 1.07 bits per heavy atom. The minimum absolute atomic E-state index is 0.00694. The van der Waals surface area contributed by atoms with Gasteiger partial charge in [0, 0.05) is 31.7 Å². The van der Waals surface area contributed by atoms with Crippen LogP contribution in [0, 0.1) is 46.3 Å². The molecule has 1 N–H and O–H groups in total. The molecule has 4 aliphatic carbocycles. The zero-order valence-electron chi connectivity index (χ0n) is 49.9. The average Bonchev–Trinajstić information content (AvgIpc) is 4.10. The van der Waals surface area contributed by atoms with Crippen LogP contribution in [0.2, 0.25) is 0 Å². The van der Waals surface area contributed by atoms with Crippen molar-refractivity contribution in [2.75, 3.05) is 26.2 Å². The Balaban J connectivity index is 1.08. The molecule has 4 saturated carbocycles. The maximum absolute atomic E-state index is 14.0. The molecule has 0 bridgehead atoms. The lowest BCUT2D eigenvalue weighted by atomic mass is 9.43. The number of nitrogens with one attached hydrogen (secondary N) is 1. The average molecular weight is 1050 g/mol. The smallest absolute Gasteiger partial charge is 0.306 e. The number of amides is 1. The van der Waals surface area contributed by atoms with E-state index in [4.69, 9.17) is 9.47 Å². The van der Waals surface area contributed by atoms with Crippen molar-refractivity contribution in [2.45, 2.75) is 317 Å². The number of unbranched alkanes of at least 4 members (excludes halogenated alkanes) is 23.